The van der Waals surface area contributed by atoms with Gasteiger partial charge in [0.2, 0.25) is 17.6 Å². The molecule has 0 radical (unpaired) electrons. The lowest BCUT2D eigenvalue weighted by Crippen LogP contribution is -2.35. The van der Waals surface area contributed by atoms with E-state index in [1.165, 1.54) is 26.2 Å². The number of rotatable bonds is 9. The molecule has 1 saturated heterocycles. The summed E-state index contributed by atoms with van der Waals surface area (Å²) in [7, 11) is 4.47. The zero-order valence-corrected chi connectivity index (χ0v) is 16.5. The summed E-state index contributed by atoms with van der Waals surface area (Å²) in [6.45, 7) is 2.22. The molecule has 1 aliphatic heterocycles. The third-order valence-corrected chi connectivity index (χ3v) is 4.60. The highest BCUT2D eigenvalue weighted by Gasteiger charge is 2.36. The largest absolute Gasteiger partial charge is 0.493 e. The minimum absolute atomic E-state index is 0.0263. The number of methoxy groups -OCH3 is 3. The van der Waals surface area contributed by atoms with Crippen molar-refractivity contribution in [2.75, 3.05) is 39.3 Å². The first-order chi connectivity index (χ1) is 13.3. The topological polar surface area (TPSA) is 114 Å². The lowest BCUT2D eigenvalue weighted by atomic mass is 10.1. The molecular weight excluding hydrogens is 368 g/mol. The second-order valence-electron chi connectivity index (χ2n) is 6.74. The van der Waals surface area contributed by atoms with Gasteiger partial charge in [0.1, 0.15) is 0 Å². The fourth-order valence-corrected chi connectivity index (χ4v) is 3.15. The number of carboxylic acids is 1. The number of hydrogen-bond donors (Lipinski definition) is 2. The van der Waals surface area contributed by atoms with Gasteiger partial charge in [-0.05, 0) is 5.92 Å². The van der Waals surface area contributed by atoms with Gasteiger partial charge >= 0.3 is 5.97 Å². The van der Waals surface area contributed by atoms with Crippen LogP contribution in [0.4, 0.5) is 5.69 Å². The molecule has 1 aliphatic rings. The summed E-state index contributed by atoms with van der Waals surface area (Å²) in [6, 6.07) is 3.32. The number of hydrogen-bond acceptors (Lipinski definition) is 6. The van der Waals surface area contributed by atoms with Crippen LogP contribution >= 0.6 is 0 Å². The maximum atomic E-state index is 12.5. The SMILES string of the molecule is COc1cc(N2CC(C(=O)NCC(C)CC(=O)O)CC2=O)cc(OC)c1OC. The van der Waals surface area contributed by atoms with E-state index in [9.17, 15) is 14.4 Å². The highest BCUT2D eigenvalue weighted by Crippen LogP contribution is 2.42. The molecule has 1 aromatic carbocycles. The van der Waals surface area contributed by atoms with Crippen LogP contribution in [0.3, 0.4) is 0 Å². The molecule has 2 atom stereocenters. The minimum Gasteiger partial charge on any atom is -0.493 e. The maximum Gasteiger partial charge on any atom is 0.303 e. The highest BCUT2D eigenvalue weighted by molar-refractivity contribution is 6.00. The third kappa shape index (κ3) is 4.85. The molecule has 0 aromatic heterocycles. The summed E-state index contributed by atoms with van der Waals surface area (Å²) in [6.07, 6.45) is 0.0528. The molecule has 28 heavy (non-hydrogen) atoms. The van der Waals surface area contributed by atoms with Crippen molar-refractivity contribution in [3.8, 4) is 17.2 Å². The Bertz CT molecular complexity index is 725. The van der Waals surface area contributed by atoms with Gasteiger partial charge in [0.25, 0.3) is 0 Å². The number of ether oxygens (including phenoxy) is 3. The van der Waals surface area contributed by atoms with Gasteiger partial charge in [-0.15, -0.1) is 0 Å². The van der Waals surface area contributed by atoms with Gasteiger partial charge in [-0.25, -0.2) is 0 Å². The standard InChI is InChI=1S/C19H26N2O7/c1-11(5-17(23)24)9-20-19(25)12-6-16(22)21(10-12)13-7-14(26-2)18(28-4)15(8-13)27-3/h7-8,11-12H,5-6,9-10H2,1-4H3,(H,20,25)(H,23,24). The predicted molar refractivity (Wildman–Crippen MR) is 101 cm³/mol. The molecule has 0 bridgehead atoms. The van der Waals surface area contributed by atoms with Gasteiger partial charge in [0.15, 0.2) is 11.5 Å². The maximum absolute atomic E-state index is 12.5. The molecule has 2 rings (SSSR count). The van der Waals surface area contributed by atoms with Crippen LogP contribution in [-0.2, 0) is 14.4 Å². The molecule has 154 valence electrons. The van der Waals surface area contributed by atoms with Crippen LogP contribution in [0.5, 0.6) is 17.2 Å². The summed E-state index contributed by atoms with van der Waals surface area (Å²) in [4.78, 5) is 37.1. The van der Waals surface area contributed by atoms with E-state index in [2.05, 4.69) is 5.32 Å². The summed E-state index contributed by atoms with van der Waals surface area (Å²) >= 11 is 0. The number of carboxylic acid groups (broad SMARTS) is 1. The van der Waals surface area contributed by atoms with Crippen LogP contribution in [0.15, 0.2) is 12.1 Å². The highest BCUT2D eigenvalue weighted by atomic mass is 16.5. The molecule has 0 aliphatic carbocycles. The van der Waals surface area contributed by atoms with E-state index in [4.69, 9.17) is 19.3 Å². The lowest BCUT2D eigenvalue weighted by Gasteiger charge is -2.20. The molecule has 9 heteroatoms. The summed E-state index contributed by atoms with van der Waals surface area (Å²) < 4.78 is 15.9. The van der Waals surface area contributed by atoms with Crippen molar-refractivity contribution in [1.29, 1.82) is 0 Å². The van der Waals surface area contributed by atoms with Crippen LogP contribution in [0.2, 0.25) is 0 Å². The van der Waals surface area contributed by atoms with E-state index >= 15 is 0 Å². The zero-order chi connectivity index (χ0) is 20.8. The predicted octanol–water partition coefficient (Wildman–Crippen LogP) is 1.29. The first-order valence-corrected chi connectivity index (χ1v) is 8.90. The molecule has 2 amide bonds. The Morgan fingerprint density at radius 2 is 1.82 bits per heavy atom. The zero-order valence-electron chi connectivity index (χ0n) is 16.5. The number of nitrogens with one attached hydrogen (secondary N) is 1. The molecule has 1 aromatic rings. The van der Waals surface area contributed by atoms with Crippen molar-refractivity contribution in [2.24, 2.45) is 11.8 Å². The number of carbonyl (C=O) groups is 3. The molecule has 2 unspecified atom stereocenters. The van der Waals surface area contributed by atoms with Gasteiger partial charge in [-0.3, -0.25) is 14.4 Å². The van der Waals surface area contributed by atoms with Crippen molar-refractivity contribution in [3.05, 3.63) is 12.1 Å². The Morgan fingerprint density at radius 3 is 2.32 bits per heavy atom. The number of benzene rings is 1. The van der Waals surface area contributed by atoms with Crippen molar-refractivity contribution in [3.63, 3.8) is 0 Å². The molecule has 1 fully saturated rings. The first kappa shape index (κ1) is 21.3. The van der Waals surface area contributed by atoms with Crippen molar-refractivity contribution >= 4 is 23.5 Å². The van der Waals surface area contributed by atoms with Crippen molar-refractivity contribution in [2.45, 2.75) is 19.8 Å². The van der Waals surface area contributed by atoms with Crippen LogP contribution in [0.25, 0.3) is 0 Å². The van der Waals surface area contributed by atoms with Crippen molar-refractivity contribution in [1.82, 2.24) is 5.32 Å². The minimum atomic E-state index is -0.911. The Morgan fingerprint density at radius 1 is 1.21 bits per heavy atom. The molecular formula is C19H26N2O7. The number of nitrogens with zero attached hydrogens (tertiary/aromatic N) is 1. The van der Waals surface area contributed by atoms with Crippen LogP contribution < -0.4 is 24.4 Å². The van der Waals surface area contributed by atoms with E-state index in [-0.39, 0.29) is 43.7 Å². The van der Waals surface area contributed by atoms with E-state index in [0.717, 1.165) is 0 Å². The smallest absolute Gasteiger partial charge is 0.303 e. The van der Waals surface area contributed by atoms with E-state index in [0.29, 0.717) is 22.9 Å². The average Bonchev–Trinajstić information content (AvgIpc) is 3.06. The van der Waals surface area contributed by atoms with E-state index < -0.39 is 11.9 Å². The number of amides is 2. The van der Waals surface area contributed by atoms with E-state index in [1.807, 2.05) is 0 Å². The summed E-state index contributed by atoms with van der Waals surface area (Å²) in [5.74, 6) is -0.810. The van der Waals surface area contributed by atoms with Crippen molar-refractivity contribution < 1.29 is 33.7 Å². The lowest BCUT2D eigenvalue weighted by molar-refractivity contribution is -0.138. The monoisotopic (exact) mass is 394 g/mol. The third-order valence-electron chi connectivity index (χ3n) is 4.60. The Labute approximate surface area is 163 Å². The average molecular weight is 394 g/mol. The number of aliphatic carboxylic acids is 1. The first-order valence-electron chi connectivity index (χ1n) is 8.90. The normalized spacial score (nSPS) is 17.2. The van der Waals surface area contributed by atoms with Crippen LogP contribution in [0.1, 0.15) is 19.8 Å². The summed E-state index contributed by atoms with van der Waals surface area (Å²) in [5.41, 5.74) is 0.550. The van der Waals surface area contributed by atoms with E-state index in [1.54, 1.807) is 19.1 Å². The Hall–Kier alpha value is -2.97. The quantitative estimate of drug-likeness (QED) is 0.649. The second-order valence-corrected chi connectivity index (χ2v) is 6.74. The molecule has 2 N–H and O–H groups in total. The molecule has 0 spiro atoms. The number of carbonyl (C=O) groups excluding carboxylic acids is 2. The summed E-state index contributed by atoms with van der Waals surface area (Å²) in [5, 5.41) is 11.5. The number of anilines is 1. The van der Waals surface area contributed by atoms with Crippen LogP contribution in [-0.4, -0.2) is 57.3 Å². The fourth-order valence-electron chi connectivity index (χ4n) is 3.15. The molecule has 9 nitrogen and oxygen atoms in total. The van der Waals surface area contributed by atoms with Crippen LogP contribution in [0, 0.1) is 11.8 Å². The van der Waals surface area contributed by atoms with Gasteiger partial charge < -0.3 is 29.5 Å². The Balaban J connectivity index is 2.10. The van der Waals surface area contributed by atoms with Gasteiger partial charge in [-0.1, -0.05) is 6.92 Å². The van der Waals surface area contributed by atoms with Gasteiger partial charge in [-0.2, -0.15) is 0 Å². The molecule has 1 heterocycles. The fraction of sp³-hybridized carbons (Fsp3) is 0.526. The van der Waals surface area contributed by atoms with Gasteiger partial charge in [0, 0.05) is 38.1 Å². The Kier molecular flexibility index (Phi) is 7.08. The van der Waals surface area contributed by atoms with Gasteiger partial charge in [0.05, 0.1) is 32.9 Å². The second kappa shape index (κ2) is 9.29. The molecule has 0 saturated carbocycles.